The zero-order valence-corrected chi connectivity index (χ0v) is 11.8. The van der Waals surface area contributed by atoms with Crippen molar-refractivity contribution in [2.24, 2.45) is 0 Å². The molecule has 0 aliphatic heterocycles. The summed E-state index contributed by atoms with van der Waals surface area (Å²) in [4.78, 5) is 12.5. The number of nitrogens with one attached hydrogen (secondary N) is 1. The lowest BCUT2D eigenvalue weighted by atomic mass is 10.2. The van der Waals surface area contributed by atoms with Gasteiger partial charge in [0.15, 0.2) is 0 Å². The molecule has 1 heterocycles. The number of nitrogens with two attached hydrogens (primary N) is 1. The fourth-order valence-corrected chi connectivity index (χ4v) is 2.62. The molecular weight excluding hydrogens is 284 g/mol. The summed E-state index contributed by atoms with van der Waals surface area (Å²) >= 11 is 7.40. The molecule has 3 N–H and O–H groups in total. The van der Waals surface area contributed by atoms with E-state index in [0.717, 1.165) is 5.56 Å². The molecule has 2 rings (SSSR count). The highest BCUT2D eigenvalue weighted by Crippen LogP contribution is 2.26. The van der Waals surface area contributed by atoms with E-state index in [1.54, 1.807) is 36.8 Å². The lowest BCUT2D eigenvalue weighted by molar-refractivity contribution is 0.0955. The molecular formula is C13H13ClN2O2S. The van der Waals surface area contributed by atoms with Gasteiger partial charge in [-0.2, -0.15) is 0 Å². The number of hydrogen-bond acceptors (Lipinski definition) is 4. The number of anilines is 1. The normalized spacial score (nSPS) is 10.2. The van der Waals surface area contributed by atoms with Gasteiger partial charge >= 0.3 is 0 Å². The van der Waals surface area contributed by atoms with Crippen molar-refractivity contribution in [1.29, 1.82) is 0 Å². The third kappa shape index (κ3) is 3.00. The lowest BCUT2D eigenvalue weighted by Crippen LogP contribution is -2.23. The van der Waals surface area contributed by atoms with E-state index in [9.17, 15) is 4.79 Å². The van der Waals surface area contributed by atoms with Crippen molar-refractivity contribution >= 4 is 34.5 Å². The van der Waals surface area contributed by atoms with E-state index in [4.69, 9.17) is 22.1 Å². The molecule has 0 unspecified atom stereocenters. The van der Waals surface area contributed by atoms with Crippen molar-refractivity contribution in [2.75, 3.05) is 12.8 Å². The van der Waals surface area contributed by atoms with E-state index in [-0.39, 0.29) is 5.91 Å². The van der Waals surface area contributed by atoms with Crippen LogP contribution in [0, 0.1) is 0 Å². The fraction of sp³-hybridized carbons (Fsp3) is 0.154. The SMILES string of the molecule is COc1cccc(Cl)c1CNC(=O)c1sccc1N. The fourth-order valence-electron chi connectivity index (χ4n) is 1.65. The summed E-state index contributed by atoms with van der Waals surface area (Å²) in [5.41, 5.74) is 6.92. The first-order chi connectivity index (χ1) is 9.13. The zero-order valence-electron chi connectivity index (χ0n) is 10.3. The lowest BCUT2D eigenvalue weighted by Gasteiger charge is -2.11. The van der Waals surface area contributed by atoms with Gasteiger partial charge in [0.1, 0.15) is 10.6 Å². The molecule has 100 valence electrons. The molecule has 0 bridgehead atoms. The minimum Gasteiger partial charge on any atom is -0.496 e. The molecule has 2 aromatic rings. The predicted octanol–water partition coefficient (Wildman–Crippen LogP) is 2.92. The quantitative estimate of drug-likeness (QED) is 0.912. The molecule has 1 amide bonds. The number of hydrogen-bond donors (Lipinski definition) is 2. The van der Waals surface area contributed by atoms with Crippen LogP contribution in [0.15, 0.2) is 29.6 Å². The maximum absolute atomic E-state index is 11.9. The van der Waals surface area contributed by atoms with Gasteiger partial charge < -0.3 is 15.8 Å². The van der Waals surface area contributed by atoms with E-state index in [0.29, 0.717) is 27.9 Å². The Bertz CT molecular complexity index is 598. The average Bonchev–Trinajstić information content (AvgIpc) is 2.83. The summed E-state index contributed by atoms with van der Waals surface area (Å²) in [6.07, 6.45) is 0. The third-order valence-electron chi connectivity index (χ3n) is 2.62. The molecule has 6 heteroatoms. The standard InChI is InChI=1S/C13H13ClN2O2S/c1-18-11-4-2-3-9(14)8(11)7-16-13(17)12-10(15)5-6-19-12/h2-6H,7,15H2,1H3,(H,16,17). The molecule has 4 nitrogen and oxygen atoms in total. The number of nitrogen functional groups attached to an aromatic ring is 1. The molecule has 0 saturated heterocycles. The maximum Gasteiger partial charge on any atom is 0.263 e. The Morgan fingerprint density at radius 3 is 2.89 bits per heavy atom. The molecule has 0 radical (unpaired) electrons. The number of carbonyl (C=O) groups is 1. The van der Waals surface area contributed by atoms with Crippen molar-refractivity contribution < 1.29 is 9.53 Å². The minimum atomic E-state index is -0.213. The highest BCUT2D eigenvalue weighted by atomic mass is 35.5. The summed E-state index contributed by atoms with van der Waals surface area (Å²) in [7, 11) is 1.56. The van der Waals surface area contributed by atoms with Gasteiger partial charge in [-0.15, -0.1) is 11.3 Å². The Hall–Kier alpha value is -1.72. The Morgan fingerprint density at radius 2 is 2.26 bits per heavy atom. The number of carbonyl (C=O) groups excluding carboxylic acids is 1. The number of ether oxygens (including phenoxy) is 1. The van der Waals surface area contributed by atoms with Crippen molar-refractivity contribution in [3.63, 3.8) is 0 Å². The molecule has 0 aliphatic carbocycles. The molecule has 0 fully saturated rings. The number of halogens is 1. The molecule has 0 aliphatic rings. The van der Waals surface area contributed by atoms with E-state index in [1.165, 1.54) is 11.3 Å². The zero-order chi connectivity index (χ0) is 13.8. The third-order valence-corrected chi connectivity index (χ3v) is 3.91. The van der Waals surface area contributed by atoms with Crippen LogP contribution in [0.2, 0.25) is 5.02 Å². The second-order valence-corrected chi connectivity index (χ2v) is 5.13. The van der Waals surface area contributed by atoms with Crippen LogP contribution in [0.3, 0.4) is 0 Å². The Kier molecular flexibility index (Phi) is 4.29. The molecule has 0 spiro atoms. The molecule has 0 atom stereocenters. The second kappa shape index (κ2) is 5.95. The van der Waals surface area contributed by atoms with E-state index >= 15 is 0 Å². The summed E-state index contributed by atoms with van der Waals surface area (Å²) in [6, 6.07) is 7.05. The Labute approximate surface area is 120 Å². The van der Waals surface area contributed by atoms with E-state index in [2.05, 4.69) is 5.32 Å². The average molecular weight is 297 g/mol. The van der Waals surface area contributed by atoms with Gasteiger partial charge in [-0.3, -0.25) is 4.79 Å². The Balaban J connectivity index is 2.11. The topological polar surface area (TPSA) is 64.3 Å². The largest absolute Gasteiger partial charge is 0.496 e. The first-order valence-electron chi connectivity index (χ1n) is 5.56. The predicted molar refractivity (Wildman–Crippen MR) is 77.9 cm³/mol. The summed E-state index contributed by atoms with van der Waals surface area (Å²) in [6.45, 7) is 0.291. The van der Waals surface area contributed by atoms with Crippen LogP contribution in [0.25, 0.3) is 0 Å². The number of methoxy groups -OCH3 is 1. The van der Waals surface area contributed by atoms with Crippen LogP contribution in [-0.4, -0.2) is 13.0 Å². The van der Waals surface area contributed by atoms with Crippen molar-refractivity contribution in [1.82, 2.24) is 5.32 Å². The number of thiophene rings is 1. The maximum atomic E-state index is 11.9. The highest BCUT2D eigenvalue weighted by molar-refractivity contribution is 7.12. The smallest absolute Gasteiger partial charge is 0.263 e. The first-order valence-corrected chi connectivity index (χ1v) is 6.81. The molecule has 1 aromatic carbocycles. The minimum absolute atomic E-state index is 0.213. The number of rotatable bonds is 4. The van der Waals surface area contributed by atoms with Crippen LogP contribution in [0.4, 0.5) is 5.69 Å². The van der Waals surface area contributed by atoms with Crippen LogP contribution < -0.4 is 15.8 Å². The summed E-state index contributed by atoms with van der Waals surface area (Å²) in [5.74, 6) is 0.432. The van der Waals surface area contributed by atoms with Crippen molar-refractivity contribution in [3.8, 4) is 5.75 Å². The molecule has 0 saturated carbocycles. The van der Waals surface area contributed by atoms with Crippen molar-refractivity contribution in [3.05, 3.63) is 45.1 Å². The second-order valence-electron chi connectivity index (χ2n) is 3.81. The summed E-state index contributed by atoms with van der Waals surface area (Å²) < 4.78 is 5.22. The van der Waals surface area contributed by atoms with E-state index in [1.807, 2.05) is 0 Å². The van der Waals surface area contributed by atoms with Crippen LogP contribution in [0.5, 0.6) is 5.75 Å². The van der Waals surface area contributed by atoms with Crippen LogP contribution in [-0.2, 0) is 6.54 Å². The van der Waals surface area contributed by atoms with Gasteiger partial charge in [-0.05, 0) is 23.6 Å². The van der Waals surface area contributed by atoms with Gasteiger partial charge in [0.05, 0.1) is 12.8 Å². The van der Waals surface area contributed by atoms with E-state index < -0.39 is 0 Å². The van der Waals surface area contributed by atoms with Gasteiger partial charge in [-0.1, -0.05) is 17.7 Å². The monoisotopic (exact) mass is 296 g/mol. The number of benzene rings is 1. The Morgan fingerprint density at radius 1 is 1.47 bits per heavy atom. The first kappa shape index (κ1) is 13.7. The van der Waals surface area contributed by atoms with Gasteiger partial charge in [0.25, 0.3) is 5.91 Å². The van der Waals surface area contributed by atoms with Gasteiger partial charge in [0, 0.05) is 17.1 Å². The van der Waals surface area contributed by atoms with Gasteiger partial charge in [0.2, 0.25) is 0 Å². The van der Waals surface area contributed by atoms with Gasteiger partial charge in [-0.25, -0.2) is 0 Å². The van der Waals surface area contributed by atoms with Crippen LogP contribution >= 0.6 is 22.9 Å². The van der Waals surface area contributed by atoms with Crippen molar-refractivity contribution in [2.45, 2.75) is 6.54 Å². The van der Waals surface area contributed by atoms with Crippen LogP contribution in [0.1, 0.15) is 15.2 Å². The highest BCUT2D eigenvalue weighted by Gasteiger charge is 2.13. The number of amides is 1. The summed E-state index contributed by atoms with van der Waals surface area (Å²) in [5, 5.41) is 5.12. The molecule has 1 aromatic heterocycles. The molecule has 19 heavy (non-hydrogen) atoms.